The van der Waals surface area contributed by atoms with E-state index >= 15 is 0 Å². The van der Waals surface area contributed by atoms with E-state index in [9.17, 15) is 9.59 Å². The first-order valence-electron chi connectivity index (χ1n) is 10.1. The smallest absolute Gasteiger partial charge is 0.341 e. The predicted octanol–water partition coefficient (Wildman–Crippen LogP) is 5.09. The molecule has 1 aromatic heterocycles. The van der Waals surface area contributed by atoms with E-state index in [2.05, 4.69) is 26.1 Å². The summed E-state index contributed by atoms with van der Waals surface area (Å²) in [7, 11) is 0. The third-order valence-corrected chi connectivity index (χ3v) is 6.51. The topological polar surface area (TPSA) is 64.6 Å². The molecule has 5 nitrogen and oxygen atoms in total. The number of hydrogen-bond acceptors (Lipinski definition) is 5. The molecule has 1 atom stereocenters. The molecule has 0 fully saturated rings. The quantitative estimate of drug-likeness (QED) is 0.667. The van der Waals surface area contributed by atoms with Gasteiger partial charge in [0.1, 0.15) is 10.8 Å². The number of esters is 1. The number of para-hydroxylation sites is 1. The van der Waals surface area contributed by atoms with E-state index < -0.39 is 0 Å². The summed E-state index contributed by atoms with van der Waals surface area (Å²) in [5.74, 6) is 0.532. The van der Waals surface area contributed by atoms with Crippen LogP contribution in [0, 0.1) is 11.3 Å². The van der Waals surface area contributed by atoms with Crippen LogP contribution in [-0.4, -0.2) is 25.1 Å². The maximum atomic E-state index is 12.6. The number of thiophene rings is 1. The van der Waals surface area contributed by atoms with Gasteiger partial charge in [0.05, 0.1) is 12.2 Å². The summed E-state index contributed by atoms with van der Waals surface area (Å²) in [4.78, 5) is 26.3. The molecule has 0 saturated carbocycles. The molecule has 1 aromatic carbocycles. The molecule has 0 aliphatic heterocycles. The molecule has 0 bridgehead atoms. The molecule has 0 unspecified atom stereocenters. The van der Waals surface area contributed by atoms with Crippen LogP contribution < -0.4 is 10.1 Å². The van der Waals surface area contributed by atoms with Gasteiger partial charge in [0, 0.05) is 4.88 Å². The molecule has 0 spiro atoms. The van der Waals surface area contributed by atoms with Crippen molar-refractivity contribution in [3.63, 3.8) is 0 Å². The molecule has 156 valence electrons. The van der Waals surface area contributed by atoms with Crippen LogP contribution in [0.1, 0.15) is 54.9 Å². The van der Waals surface area contributed by atoms with Crippen LogP contribution >= 0.6 is 11.3 Å². The number of carbonyl (C=O) groups is 2. The number of rotatable bonds is 6. The fourth-order valence-corrected chi connectivity index (χ4v) is 4.99. The Morgan fingerprint density at radius 2 is 1.93 bits per heavy atom. The molecule has 2 aromatic rings. The third kappa shape index (κ3) is 5.18. The lowest BCUT2D eigenvalue weighted by Gasteiger charge is -2.33. The zero-order valence-corrected chi connectivity index (χ0v) is 18.4. The molecular formula is C23H29NO4S. The van der Waals surface area contributed by atoms with E-state index in [0.717, 1.165) is 24.8 Å². The summed E-state index contributed by atoms with van der Waals surface area (Å²) in [5, 5.41) is 3.46. The average Bonchev–Trinajstić information content (AvgIpc) is 3.03. The molecule has 3 rings (SSSR count). The van der Waals surface area contributed by atoms with Crippen molar-refractivity contribution in [3.05, 3.63) is 46.3 Å². The summed E-state index contributed by atoms with van der Waals surface area (Å²) in [5.41, 5.74) is 1.76. The van der Waals surface area contributed by atoms with Crippen molar-refractivity contribution in [2.75, 3.05) is 18.5 Å². The van der Waals surface area contributed by atoms with Crippen molar-refractivity contribution in [2.45, 2.75) is 47.0 Å². The van der Waals surface area contributed by atoms with E-state index in [1.54, 1.807) is 19.1 Å². The molecule has 1 N–H and O–H groups in total. The van der Waals surface area contributed by atoms with Gasteiger partial charge in [-0.05, 0) is 55.2 Å². The minimum atomic E-state index is -0.363. The van der Waals surface area contributed by atoms with Crippen molar-refractivity contribution >= 4 is 28.2 Å². The Balaban J connectivity index is 1.79. The van der Waals surface area contributed by atoms with Gasteiger partial charge < -0.3 is 14.8 Å². The van der Waals surface area contributed by atoms with Gasteiger partial charge in [0.2, 0.25) is 0 Å². The lowest BCUT2D eigenvalue weighted by atomic mass is 9.72. The number of carbonyl (C=O) groups excluding carboxylic acids is 2. The van der Waals surface area contributed by atoms with Gasteiger partial charge in [-0.3, -0.25) is 4.79 Å². The van der Waals surface area contributed by atoms with Gasteiger partial charge in [0.25, 0.3) is 5.91 Å². The van der Waals surface area contributed by atoms with Crippen molar-refractivity contribution in [3.8, 4) is 5.75 Å². The Kier molecular flexibility index (Phi) is 6.63. The fourth-order valence-electron chi connectivity index (χ4n) is 3.66. The highest BCUT2D eigenvalue weighted by atomic mass is 32.1. The molecule has 1 aliphatic rings. The Bertz CT molecular complexity index is 867. The van der Waals surface area contributed by atoms with Crippen LogP contribution in [0.3, 0.4) is 0 Å². The SMILES string of the molecule is CCOC(=O)c1c(NC(=O)COc2ccccc2)sc2c1CC[C@@H](C(C)(C)C)C2. The second-order valence-corrected chi connectivity index (χ2v) is 9.49. The zero-order valence-electron chi connectivity index (χ0n) is 17.5. The Labute approximate surface area is 176 Å². The van der Waals surface area contributed by atoms with E-state index in [1.165, 1.54) is 16.2 Å². The number of amides is 1. The van der Waals surface area contributed by atoms with Crippen LogP contribution in [-0.2, 0) is 22.4 Å². The summed E-state index contributed by atoms with van der Waals surface area (Å²) in [6.07, 6.45) is 2.79. The van der Waals surface area contributed by atoms with Gasteiger partial charge in [-0.15, -0.1) is 11.3 Å². The second-order valence-electron chi connectivity index (χ2n) is 8.38. The molecule has 29 heavy (non-hydrogen) atoms. The van der Waals surface area contributed by atoms with Crippen molar-refractivity contribution in [1.29, 1.82) is 0 Å². The molecule has 0 radical (unpaired) electrons. The number of anilines is 1. The number of benzene rings is 1. The molecular weight excluding hydrogens is 386 g/mol. The van der Waals surface area contributed by atoms with Crippen LogP contribution in [0.25, 0.3) is 0 Å². The summed E-state index contributed by atoms with van der Waals surface area (Å²) in [6.45, 7) is 8.75. The Hall–Kier alpha value is -2.34. The molecule has 1 aliphatic carbocycles. The van der Waals surface area contributed by atoms with Crippen LogP contribution in [0.2, 0.25) is 0 Å². The monoisotopic (exact) mass is 415 g/mol. The number of ether oxygens (including phenoxy) is 2. The first-order chi connectivity index (χ1) is 13.8. The standard InChI is InChI=1S/C23H29NO4S/c1-5-27-22(26)20-17-12-11-15(23(2,3)4)13-18(17)29-21(20)24-19(25)14-28-16-9-7-6-8-10-16/h6-10,15H,5,11-14H2,1-4H3,(H,24,25)/t15-/m1/s1. The van der Waals surface area contributed by atoms with E-state index in [4.69, 9.17) is 9.47 Å². The van der Waals surface area contributed by atoms with Gasteiger partial charge in [-0.25, -0.2) is 4.79 Å². The normalized spacial score (nSPS) is 16.1. The van der Waals surface area contributed by atoms with Crippen molar-refractivity contribution < 1.29 is 19.1 Å². The zero-order chi connectivity index (χ0) is 21.0. The van der Waals surface area contributed by atoms with Gasteiger partial charge in [-0.1, -0.05) is 39.0 Å². The predicted molar refractivity (Wildman–Crippen MR) is 116 cm³/mol. The second kappa shape index (κ2) is 8.99. The fraction of sp³-hybridized carbons (Fsp3) is 0.478. The van der Waals surface area contributed by atoms with Crippen LogP contribution in [0.4, 0.5) is 5.00 Å². The number of fused-ring (bicyclic) bond motifs is 1. The van der Waals surface area contributed by atoms with E-state index in [0.29, 0.717) is 28.8 Å². The van der Waals surface area contributed by atoms with Crippen LogP contribution in [0.15, 0.2) is 30.3 Å². The average molecular weight is 416 g/mol. The summed E-state index contributed by atoms with van der Waals surface area (Å²) in [6, 6.07) is 9.19. The first-order valence-corrected chi connectivity index (χ1v) is 10.9. The Morgan fingerprint density at radius 3 is 2.59 bits per heavy atom. The highest BCUT2D eigenvalue weighted by molar-refractivity contribution is 7.17. The third-order valence-electron chi connectivity index (χ3n) is 5.34. The van der Waals surface area contributed by atoms with Gasteiger partial charge in [0.15, 0.2) is 6.61 Å². The minimum absolute atomic E-state index is 0.112. The highest BCUT2D eigenvalue weighted by Gasteiger charge is 2.34. The minimum Gasteiger partial charge on any atom is -0.484 e. The number of hydrogen-bond donors (Lipinski definition) is 1. The van der Waals surface area contributed by atoms with Gasteiger partial charge in [-0.2, -0.15) is 0 Å². The largest absolute Gasteiger partial charge is 0.484 e. The van der Waals surface area contributed by atoms with Gasteiger partial charge >= 0.3 is 5.97 Å². The highest BCUT2D eigenvalue weighted by Crippen LogP contribution is 2.44. The lowest BCUT2D eigenvalue weighted by Crippen LogP contribution is -2.26. The maximum absolute atomic E-state index is 12.6. The van der Waals surface area contributed by atoms with Crippen molar-refractivity contribution in [2.24, 2.45) is 11.3 Å². The first kappa shape index (κ1) is 21.4. The summed E-state index contributed by atoms with van der Waals surface area (Å²) >= 11 is 1.50. The van der Waals surface area contributed by atoms with Crippen LogP contribution in [0.5, 0.6) is 5.75 Å². The molecule has 1 amide bonds. The van der Waals surface area contributed by atoms with E-state index in [-0.39, 0.29) is 23.9 Å². The number of nitrogens with one attached hydrogen (secondary N) is 1. The summed E-state index contributed by atoms with van der Waals surface area (Å²) < 4.78 is 10.8. The molecule has 0 saturated heterocycles. The Morgan fingerprint density at radius 1 is 1.21 bits per heavy atom. The molecule has 1 heterocycles. The van der Waals surface area contributed by atoms with E-state index in [1.807, 2.05) is 18.2 Å². The molecule has 6 heteroatoms. The maximum Gasteiger partial charge on any atom is 0.341 e. The lowest BCUT2D eigenvalue weighted by molar-refractivity contribution is -0.118. The van der Waals surface area contributed by atoms with Crippen molar-refractivity contribution in [1.82, 2.24) is 0 Å².